The van der Waals surface area contributed by atoms with Crippen molar-refractivity contribution in [3.63, 3.8) is 0 Å². The standard InChI is InChI=1S/C14H20BrNO/c15-12-5-3-4-11(8-12)13(9-16)14(10-17)6-1-2-7-14/h3-5,8,13,17H,1-2,6-7,9-10,16H2. The van der Waals surface area contributed by atoms with Crippen LogP contribution in [0.4, 0.5) is 0 Å². The Morgan fingerprint density at radius 2 is 2.06 bits per heavy atom. The molecule has 0 bridgehead atoms. The Kier molecular flexibility index (Phi) is 4.23. The van der Waals surface area contributed by atoms with Gasteiger partial charge in [-0.05, 0) is 37.1 Å². The van der Waals surface area contributed by atoms with Gasteiger partial charge in [0.05, 0.1) is 0 Å². The number of aliphatic hydroxyl groups is 1. The third-order valence-corrected chi connectivity index (χ3v) is 4.63. The SMILES string of the molecule is NCC(c1cccc(Br)c1)C1(CO)CCCC1. The number of rotatable bonds is 4. The molecule has 1 fully saturated rings. The van der Waals surface area contributed by atoms with Crippen LogP contribution in [-0.4, -0.2) is 18.3 Å². The van der Waals surface area contributed by atoms with Gasteiger partial charge < -0.3 is 10.8 Å². The van der Waals surface area contributed by atoms with E-state index in [1.807, 2.05) is 12.1 Å². The molecular formula is C14H20BrNO. The fourth-order valence-electron chi connectivity index (χ4n) is 3.16. The fourth-order valence-corrected chi connectivity index (χ4v) is 3.58. The van der Waals surface area contributed by atoms with Gasteiger partial charge in [0.2, 0.25) is 0 Å². The summed E-state index contributed by atoms with van der Waals surface area (Å²) >= 11 is 3.50. The molecule has 1 aromatic carbocycles. The van der Waals surface area contributed by atoms with Crippen molar-refractivity contribution < 1.29 is 5.11 Å². The lowest BCUT2D eigenvalue weighted by molar-refractivity contribution is 0.102. The van der Waals surface area contributed by atoms with Crippen LogP contribution >= 0.6 is 15.9 Å². The molecule has 1 aliphatic carbocycles. The smallest absolute Gasteiger partial charge is 0.0493 e. The summed E-state index contributed by atoms with van der Waals surface area (Å²) in [5, 5.41) is 9.78. The van der Waals surface area contributed by atoms with Crippen molar-refractivity contribution in [2.75, 3.05) is 13.2 Å². The zero-order valence-corrected chi connectivity index (χ0v) is 11.6. The third-order valence-electron chi connectivity index (χ3n) is 4.14. The number of hydrogen-bond donors (Lipinski definition) is 2. The van der Waals surface area contributed by atoms with E-state index in [1.165, 1.54) is 18.4 Å². The third kappa shape index (κ3) is 2.56. The van der Waals surface area contributed by atoms with Crippen molar-refractivity contribution in [2.45, 2.75) is 31.6 Å². The van der Waals surface area contributed by atoms with E-state index in [9.17, 15) is 5.11 Å². The van der Waals surface area contributed by atoms with E-state index in [4.69, 9.17) is 5.73 Å². The van der Waals surface area contributed by atoms with Crippen LogP contribution in [0.25, 0.3) is 0 Å². The van der Waals surface area contributed by atoms with E-state index in [1.54, 1.807) is 0 Å². The highest BCUT2D eigenvalue weighted by Crippen LogP contribution is 2.48. The molecule has 1 saturated carbocycles. The zero-order chi connectivity index (χ0) is 12.3. The second-order valence-corrected chi connectivity index (χ2v) is 5.99. The van der Waals surface area contributed by atoms with E-state index in [-0.39, 0.29) is 17.9 Å². The van der Waals surface area contributed by atoms with Gasteiger partial charge in [-0.25, -0.2) is 0 Å². The molecule has 0 aliphatic heterocycles. The van der Waals surface area contributed by atoms with Crippen molar-refractivity contribution in [3.05, 3.63) is 34.3 Å². The number of halogens is 1. The van der Waals surface area contributed by atoms with Gasteiger partial charge in [-0.1, -0.05) is 40.9 Å². The first-order valence-electron chi connectivity index (χ1n) is 6.28. The Balaban J connectivity index is 2.32. The molecule has 94 valence electrons. The molecule has 0 heterocycles. The van der Waals surface area contributed by atoms with E-state index in [2.05, 4.69) is 28.1 Å². The van der Waals surface area contributed by atoms with Gasteiger partial charge in [-0.3, -0.25) is 0 Å². The molecule has 0 aromatic heterocycles. The van der Waals surface area contributed by atoms with Gasteiger partial charge in [0.15, 0.2) is 0 Å². The summed E-state index contributed by atoms with van der Waals surface area (Å²) in [6, 6.07) is 8.32. The molecule has 2 rings (SSSR count). The predicted octanol–water partition coefficient (Wildman–Crippen LogP) is 3.04. The molecule has 2 nitrogen and oxygen atoms in total. The first-order chi connectivity index (χ1) is 8.22. The van der Waals surface area contributed by atoms with Gasteiger partial charge >= 0.3 is 0 Å². The first-order valence-corrected chi connectivity index (χ1v) is 7.07. The molecule has 0 radical (unpaired) electrons. The maximum atomic E-state index is 9.78. The van der Waals surface area contributed by atoms with Crippen LogP contribution in [0.1, 0.15) is 37.2 Å². The Morgan fingerprint density at radius 3 is 2.59 bits per heavy atom. The lowest BCUT2D eigenvalue weighted by atomic mass is 9.71. The highest BCUT2D eigenvalue weighted by Gasteiger charge is 2.40. The zero-order valence-electron chi connectivity index (χ0n) is 10.0. The number of nitrogens with two attached hydrogens (primary N) is 1. The average molecular weight is 298 g/mol. The van der Waals surface area contributed by atoms with E-state index < -0.39 is 0 Å². The summed E-state index contributed by atoms with van der Waals surface area (Å²) in [6.45, 7) is 0.860. The number of benzene rings is 1. The molecule has 0 saturated heterocycles. The minimum absolute atomic E-state index is 0.00947. The Hall–Kier alpha value is -0.380. The minimum atomic E-state index is 0.00947. The van der Waals surface area contributed by atoms with Gasteiger partial charge in [-0.15, -0.1) is 0 Å². The molecule has 3 heteroatoms. The second kappa shape index (κ2) is 5.51. The minimum Gasteiger partial charge on any atom is -0.396 e. The largest absolute Gasteiger partial charge is 0.396 e. The average Bonchev–Trinajstić information content (AvgIpc) is 2.80. The van der Waals surface area contributed by atoms with Crippen LogP contribution in [0, 0.1) is 5.41 Å². The van der Waals surface area contributed by atoms with Crippen molar-refractivity contribution in [1.29, 1.82) is 0 Å². The summed E-state index contributed by atoms with van der Waals surface area (Å²) in [4.78, 5) is 0. The van der Waals surface area contributed by atoms with Gasteiger partial charge in [-0.2, -0.15) is 0 Å². The van der Waals surface area contributed by atoms with Crippen LogP contribution in [0.5, 0.6) is 0 Å². The highest BCUT2D eigenvalue weighted by atomic mass is 79.9. The topological polar surface area (TPSA) is 46.2 Å². The van der Waals surface area contributed by atoms with E-state index in [0.29, 0.717) is 6.54 Å². The van der Waals surface area contributed by atoms with Gasteiger partial charge in [0.25, 0.3) is 0 Å². The molecular weight excluding hydrogens is 278 g/mol. The van der Waals surface area contributed by atoms with Crippen LogP contribution in [0.3, 0.4) is 0 Å². The molecule has 1 aromatic rings. The maximum Gasteiger partial charge on any atom is 0.0493 e. The van der Waals surface area contributed by atoms with Gasteiger partial charge in [0.1, 0.15) is 0 Å². The Morgan fingerprint density at radius 1 is 1.35 bits per heavy atom. The van der Waals surface area contributed by atoms with Crippen molar-refractivity contribution >= 4 is 15.9 Å². The molecule has 17 heavy (non-hydrogen) atoms. The van der Waals surface area contributed by atoms with Crippen molar-refractivity contribution in [3.8, 4) is 0 Å². The molecule has 3 N–H and O–H groups in total. The first kappa shape index (κ1) is 13.1. The van der Waals surface area contributed by atoms with Crippen LogP contribution in [-0.2, 0) is 0 Å². The Bertz CT molecular complexity index is 374. The van der Waals surface area contributed by atoms with Crippen LogP contribution in [0.2, 0.25) is 0 Å². The number of hydrogen-bond acceptors (Lipinski definition) is 2. The van der Waals surface area contributed by atoms with Crippen LogP contribution < -0.4 is 5.73 Å². The molecule has 0 spiro atoms. The lowest BCUT2D eigenvalue weighted by Crippen LogP contribution is -2.34. The maximum absolute atomic E-state index is 9.78. The number of aliphatic hydroxyl groups excluding tert-OH is 1. The van der Waals surface area contributed by atoms with Crippen LogP contribution in [0.15, 0.2) is 28.7 Å². The monoisotopic (exact) mass is 297 g/mol. The Labute approximate surface area is 111 Å². The van der Waals surface area contributed by atoms with Crippen molar-refractivity contribution in [2.24, 2.45) is 11.1 Å². The molecule has 1 atom stereocenters. The molecule has 1 aliphatic rings. The van der Waals surface area contributed by atoms with E-state index >= 15 is 0 Å². The second-order valence-electron chi connectivity index (χ2n) is 5.07. The predicted molar refractivity (Wildman–Crippen MR) is 73.9 cm³/mol. The summed E-state index contributed by atoms with van der Waals surface area (Å²) < 4.78 is 1.08. The quantitative estimate of drug-likeness (QED) is 0.897. The lowest BCUT2D eigenvalue weighted by Gasteiger charge is -2.35. The van der Waals surface area contributed by atoms with Crippen molar-refractivity contribution in [1.82, 2.24) is 0 Å². The summed E-state index contributed by atoms with van der Waals surface area (Å²) in [6.07, 6.45) is 4.62. The van der Waals surface area contributed by atoms with Gasteiger partial charge in [0, 0.05) is 22.4 Å². The summed E-state index contributed by atoms with van der Waals surface area (Å²) in [5.74, 6) is 0.271. The highest BCUT2D eigenvalue weighted by molar-refractivity contribution is 9.10. The normalized spacial score (nSPS) is 20.4. The summed E-state index contributed by atoms with van der Waals surface area (Å²) in [5.41, 5.74) is 7.23. The fraction of sp³-hybridized carbons (Fsp3) is 0.571. The molecule has 0 amide bonds. The summed E-state index contributed by atoms with van der Waals surface area (Å²) in [7, 11) is 0. The van der Waals surface area contributed by atoms with E-state index in [0.717, 1.165) is 17.3 Å². The molecule has 1 unspecified atom stereocenters.